The lowest BCUT2D eigenvalue weighted by atomic mass is 10.1. The molecule has 2 aromatic rings. The normalized spacial score (nSPS) is 11.7. The molecule has 2 N–H and O–H groups in total. The van der Waals surface area contributed by atoms with Crippen LogP contribution in [0.1, 0.15) is 18.5 Å². The highest BCUT2D eigenvalue weighted by Gasteiger charge is 2.15. The second-order valence-corrected chi connectivity index (χ2v) is 6.78. The lowest BCUT2D eigenvalue weighted by Crippen LogP contribution is -2.40. The fraction of sp³-hybridized carbons (Fsp3) is 0.263. The molecule has 2 amide bonds. The van der Waals surface area contributed by atoms with Crippen LogP contribution in [0.3, 0.4) is 0 Å². The van der Waals surface area contributed by atoms with Crippen molar-refractivity contribution in [1.82, 2.24) is 10.2 Å². The minimum atomic E-state index is -0.306. The van der Waals surface area contributed by atoms with E-state index in [4.69, 9.17) is 23.2 Å². The van der Waals surface area contributed by atoms with Gasteiger partial charge in [-0.25, -0.2) is 0 Å². The molecule has 0 unspecified atom stereocenters. The van der Waals surface area contributed by atoms with Crippen LogP contribution in [0.5, 0.6) is 0 Å². The molecule has 0 aliphatic heterocycles. The van der Waals surface area contributed by atoms with Crippen molar-refractivity contribution in [3.8, 4) is 0 Å². The molecule has 0 aromatic heterocycles. The van der Waals surface area contributed by atoms with Crippen LogP contribution >= 0.6 is 23.2 Å². The Hall–Kier alpha value is -2.08. The van der Waals surface area contributed by atoms with Gasteiger partial charge in [0.1, 0.15) is 0 Å². The van der Waals surface area contributed by atoms with Crippen molar-refractivity contribution in [2.45, 2.75) is 13.0 Å². The van der Waals surface area contributed by atoms with E-state index in [9.17, 15) is 9.59 Å². The third kappa shape index (κ3) is 6.02. The Morgan fingerprint density at radius 2 is 1.73 bits per heavy atom. The first-order valence-electron chi connectivity index (χ1n) is 8.14. The summed E-state index contributed by atoms with van der Waals surface area (Å²) in [6, 6.07) is 14.4. The number of rotatable bonds is 7. The molecule has 0 aliphatic carbocycles. The number of amides is 2. The summed E-state index contributed by atoms with van der Waals surface area (Å²) >= 11 is 11.9. The second kappa shape index (κ2) is 9.57. The largest absolute Gasteiger partial charge is 0.335 e. The summed E-state index contributed by atoms with van der Waals surface area (Å²) in [6.07, 6.45) is 0. The van der Waals surface area contributed by atoms with E-state index in [1.807, 2.05) is 31.2 Å². The molecule has 138 valence electrons. The first-order valence-corrected chi connectivity index (χ1v) is 8.89. The first kappa shape index (κ1) is 20.2. The zero-order valence-corrected chi connectivity index (χ0v) is 16.1. The molecule has 2 aromatic carbocycles. The topological polar surface area (TPSA) is 61.4 Å². The van der Waals surface area contributed by atoms with E-state index in [-0.39, 0.29) is 30.9 Å². The maximum atomic E-state index is 12.2. The van der Waals surface area contributed by atoms with Crippen LogP contribution in [-0.4, -0.2) is 36.9 Å². The van der Waals surface area contributed by atoms with Crippen molar-refractivity contribution >= 4 is 40.7 Å². The zero-order chi connectivity index (χ0) is 19.1. The average molecular weight is 394 g/mol. The summed E-state index contributed by atoms with van der Waals surface area (Å²) < 4.78 is 0. The number of nitrogens with zero attached hydrogens (tertiary/aromatic N) is 1. The second-order valence-electron chi connectivity index (χ2n) is 5.93. The van der Waals surface area contributed by atoms with E-state index in [0.717, 1.165) is 5.56 Å². The third-order valence-corrected chi connectivity index (χ3v) is 4.47. The molecule has 7 heteroatoms. The van der Waals surface area contributed by atoms with Gasteiger partial charge < -0.3 is 15.5 Å². The van der Waals surface area contributed by atoms with Crippen LogP contribution in [0, 0.1) is 0 Å². The summed E-state index contributed by atoms with van der Waals surface area (Å²) in [7, 11) is 1.59. The Kier molecular flexibility index (Phi) is 7.45. The van der Waals surface area contributed by atoms with Gasteiger partial charge in [-0.3, -0.25) is 9.59 Å². The molecular formula is C19H21Cl2N3O2. The van der Waals surface area contributed by atoms with E-state index in [1.54, 1.807) is 31.3 Å². The fourth-order valence-electron chi connectivity index (χ4n) is 2.30. The molecule has 26 heavy (non-hydrogen) atoms. The van der Waals surface area contributed by atoms with Crippen LogP contribution in [0.4, 0.5) is 5.69 Å². The molecule has 0 fully saturated rings. The summed E-state index contributed by atoms with van der Waals surface area (Å²) in [5, 5.41) is 6.96. The van der Waals surface area contributed by atoms with Crippen molar-refractivity contribution in [3.63, 3.8) is 0 Å². The van der Waals surface area contributed by atoms with Crippen molar-refractivity contribution in [2.75, 3.05) is 25.5 Å². The average Bonchev–Trinajstić information content (AvgIpc) is 2.61. The van der Waals surface area contributed by atoms with Gasteiger partial charge in [-0.1, -0.05) is 47.5 Å². The Morgan fingerprint density at radius 3 is 2.38 bits per heavy atom. The fourth-order valence-corrected chi connectivity index (χ4v) is 2.61. The quantitative estimate of drug-likeness (QED) is 0.752. The Balaban J connectivity index is 1.80. The van der Waals surface area contributed by atoms with E-state index in [1.165, 1.54) is 4.90 Å². The standard InChI is InChI=1S/C19H21Cl2N3O2/c1-13(14-7-9-15(20)10-8-14)22-11-19(26)24(2)12-18(25)23-17-6-4-3-5-16(17)21/h3-10,13,22H,11-12H2,1-2H3,(H,23,25)/t13-/m0/s1. The first-order chi connectivity index (χ1) is 12.4. The number of carbonyl (C=O) groups excluding carboxylic acids is 2. The monoisotopic (exact) mass is 393 g/mol. The van der Waals surface area contributed by atoms with Gasteiger partial charge in [-0.2, -0.15) is 0 Å². The van der Waals surface area contributed by atoms with E-state index >= 15 is 0 Å². The third-order valence-electron chi connectivity index (χ3n) is 3.88. The molecule has 5 nitrogen and oxygen atoms in total. The number of carbonyl (C=O) groups is 2. The van der Waals surface area contributed by atoms with Crippen molar-refractivity contribution in [2.24, 2.45) is 0 Å². The summed E-state index contributed by atoms with van der Waals surface area (Å²) in [5.41, 5.74) is 1.55. The predicted octanol–water partition coefficient (Wildman–Crippen LogP) is 3.74. The van der Waals surface area contributed by atoms with Crippen LogP contribution in [0.2, 0.25) is 10.0 Å². The van der Waals surface area contributed by atoms with Crippen molar-refractivity contribution in [3.05, 3.63) is 64.1 Å². The van der Waals surface area contributed by atoms with Crippen LogP contribution < -0.4 is 10.6 Å². The molecule has 0 heterocycles. The van der Waals surface area contributed by atoms with E-state index < -0.39 is 0 Å². The smallest absolute Gasteiger partial charge is 0.244 e. The minimum Gasteiger partial charge on any atom is -0.335 e. The highest BCUT2D eigenvalue weighted by Crippen LogP contribution is 2.20. The summed E-state index contributed by atoms with van der Waals surface area (Å²) in [6.45, 7) is 2.03. The SMILES string of the molecule is C[C@H](NCC(=O)N(C)CC(=O)Nc1ccccc1Cl)c1ccc(Cl)cc1. The summed E-state index contributed by atoms with van der Waals surface area (Å²) in [4.78, 5) is 25.7. The van der Waals surface area contributed by atoms with E-state index in [0.29, 0.717) is 15.7 Å². The van der Waals surface area contributed by atoms with Crippen LogP contribution in [-0.2, 0) is 9.59 Å². The van der Waals surface area contributed by atoms with Gasteiger partial charge in [0.15, 0.2) is 0 Å². The van der Waals surface area contributed by atoms with Crippen LogP contribution in [0.25, 0.3) is 0 Å². The van der Waals surface area contributed by atoms with Gasteiger partial charge in [-0.05, 0) is 36.8 Å². The number of hydrogen-bond donors (Lipinski definition) is 2. The number of nitrogens with one attached hydrogen (secondary N) is 2. The molecule has 0 bridgehead atoms. The van der Waals surface area contributed by atoms with Gasteiger partial charge in [-0.15, -0.1) is 0 Å². The van der Waals surface area contributed by atoms with Crippen molar-refractivity contribution < 1.29 is 9.59 Å². The Morgan fingerprint density at radius 1 is 1.08 bits per heavy atom. The molecule has 0 saturated carbocycles. The molecule has 1 atom stereocenters. The van der Waals surface area contributed by atoms with Crippen LogP contribution in [0.15, 0.2) is 48.5 Å². The maximum Gasteiger partial charge on any atom is 0.244 e. The number of halogens is 2. The number of likely N-dealkylation sites (N-methyl/N-ethyl adjacent to an activating group) is 1. The molecule has 0 aliphatic rings. The highest BCUT2D eigenvalue weighted by molar-refractivity contribution is 6.33. The number of hydrogen-bond acceptors (Lipinski definition) is 3. The minimum absolute atomic E-state index is 0.0124. The molecule has 0 radical (unpaired) electrons. The van der Waals surface area contributed by atoms with E-state index in [2.05, 4.69) is 10.6 Å². The Labute approximate surface area is 163 Å². The van der Waals surface area contributed by atoms with Crippen molar-refractivity contribution in [1.29, 1.82) is 0 Å². The molecule has 0 saturated heterocycles. The molecule has 2 rings (SSSR count). The predicted molar refractivity (Wildman–Crippen MR) is 106 cm³/mol. The van der Waals surface area contributed by atoms with Gasteiger partial charge in [0.2, 0.25) is 11.8 Å². The van der Waals surface area contributed by atoms with Gasteiger partial charge in [0.25, 0.3) is 0 Å². The van der Waals surface area contributed by atoms with Gasteiger partial charge >= 0.3 is 0 Å². The lowest BCUT2D eigenvalue weighted by Gasteiger charge is -2.19. The Bertz CT molecular complexity index is 766. The molecular weight excluding hydrogens is 373 g/mol. The lowest BCUT2D eigenvalue weighted by molar-refractivity contribution is -0.132. The number of para-hydroxylation sites is 1. The molecule has 0 spiro atoms. The van der Waals surface area contributed by atoms with Gasteiger partial charge in [0, 0.05) is 18.1 Å². The number of anilines is 1. The maximum absolute atomic E-state index is 12.2. The highest BCUT2D eigenvalue weighted by atomic mass is 35.5. The van der Waals surface area contributed by atoms with Gasteiger partial charge in [0.05, 0.1) is 23.8 Å². The zero-order valence-electron chi connectivity index (χ0n) is 14.6. The summed E-state index contributed by atoms with van der Waals surface area (Å²) in [5.74, 6) is -0.486. The number of benzene rings is 2.